The number of aldehydes is 1. The Hall–Kier alpha value is -1.61. The highest BCUT2D eigenvalue weighted by Crippen LogP contribution is 2.66. The first-order valence-corrected chi connectivity index (χ1v) is 8.94. The fourth-order valence-electron chi connectivity index (χ4n) is 4.30. The van der Waals surface area contributed by atoms with Gasteiger partial charge in [-0.2, -0.15) is 5.26 Å². The van der Waals surface area contributed by atoms with Crippen molar-refractivity contribution in [1.29, 1.82) is 5.26 Å². The van der Waals surface area contributed by atoms with Gasteiger partial charge in [-0.25, -0.2) is 4.79 Å². The monoisotopic (exact) mass is 348 g/mol. The summed E-state index contributed by atoms with van der Waals surface area (Å²) >= 11 is 0. The van der Waals surface area contributed by atoms with E-state index in [2.05, 4.69) is 30.6 Å². The maximum atomic E-state index is 12.6. The van der Waals surface area contributed by atoms with E-state index >= 15 is 0 Å². The van der Waals surface area contributed by atoms with Crippen LogP contribution in [0.1, 0.15) is 55.4 Å². The summed E-state index contributed by atoms with van der Waals surface area (Å²) in [6, 6.07) is 1.62. The molecule has 1 aliphatic carbocycles. The van der Waals surface area contributed by atoms with Gasteiger partial charge in [0.25, 0.3) is 0 Å². The third-order valence-electron chi connectivity index (χ3n) is 5.90. The molecule has 0 aromatic rings. The minimum absolute atomic E-state index is 0.122. The van der Waals surface area contributed by atoms with Crippen LogP contribution in [0, 0.1) is 34.0 Å². The zero-order valence-electron chi connectivity index (χ0n) is 16.7. The summed E-state index contributed by atoms with van der Waals surface area (Å²) in [7, 11) is 0. The Morgan fingerprint density at radius 2 is 1.76 bits per heavy atom. The van der Waals surface area contributed by atoms with Crippen LogP contribution in [0.3, 0.4) is 0 Å². The quantitative estimate of drug-likeness (QED) is 0.768. The Morgan fingerprint density at radius 1 is 1.20 bits per heavy atom. The van der Waals surface area contributed by atoms with Gasteiger partial charge >= 0.3 is 6.03 Å². The minimum Gasteiger partial charge on any atom is -0.334 e. The third-order valence-corrected chi connectivity index (χ3v) is 5.90. The molecular formula is C19H32N4O2. The summed E-state index contributed by atoms with van der Waals surface area (Å²) in [6.07, 6.45) is 0.803. The van der Waals surface area contributed by atoms with Crippen LogP contribution in [0.25, 0.3) is 0 Å². The zero-order valence-corrected chi connectivity index (χ0v) is 16.7. The molecule has 2 rings (SSSR count). The highest BCUT2D eigenvalue weighted by molar-refractivity contribution is 5.81. The molecule has 2 amide bonds. The molecular weight excluding hydrogens is 316 g/mol. The number of nitrogens with zero attached hydrogens (tertiary/aromatic N) is 2. The predicted molar refractivity (Wildman–Crippen MR) is 96.5 cm³/mol. The van der Waals surface area contributed by atoms with E-state index in [-0.39, 0.29) is 17.4 Å². The molecule has 0 radical (unpaired) electrons. The van der Waals surface area contributed by atoms with Crippen LogP contribution < -0.4 is 10.6 Å². The number of fused-ring (bicyclic) bond motifs is 1. The van der Waals surface area contributed by atoms with Crippen LogP contribution in [-0.2, 0) is 4.79 Å². The van der Waals surface area contributed by atoms with Crippen LogP contribution >= 0.6 is 0 Å². The van der Waals surface area contributed by atoms with Gasteiger partial charge < -0.3 is 10.6 Å². The highest BCUT2D eigenvalue weighted by atomic mass is 16.2. The molecule has 0 spiro atoms. The van der Waals surface area contributed by atoms with E-state index in [1.54, 1.807) is 0 Å². The highest BCUT2D eigenvalue weighted by Gasteiger charge is 2.70. The molecule has 25 heavy (non-hydrogen) atoms. The summed E-state index contributed by atoms with van der Waals surface area (Å²) in [5.74, 6) is 0.623. The maximum absolute atomic E-state index is 12.6. The lowest BCUT2D eigenvalue weighted by molar-refractivity contribution is -0.130. The Kier molecular flexibility index (Phi) is 4.49. The van der Waals surface area contributed by atoms with Crippen molar-refractivity contribution in [3.05, 3.63) is 0 Å². The Bertz CT molecular complexity index is 608. The number of nitrogens with one attached hydrogen (secondary N) is 2. The van der Waals surface area contributed by atoms with Crippen LogP contribution in [-0.4, -0.2) is 41.0 Å². The van der Waals surface area contributed by atoms with Gasteiger partial charge in [-0.1, -0.05) is 34.6 Å². The summed E-state index contributed by atoms with van der Waals surface area (Å²) in [6.45, 7) is 16.4. The first-order chi connectivity index (χ1) is 11.2. The van der Waals surface area contributed by atoms with Gasteiger partial charge in [-0.15, -0.1) is 0 Å². The number of hydrogen-bond acceptors (Lipinski definition) is 4. The Balaban J connectivity index is 2.36. The van der Waals surface area contributed by atoms with Crippen molar-refractivity contribution < 1.29 is 9.59 Å². The predicted octanol–water partition coefficient (Wildman–Crippen LogP) is 2.51. The second-order valence-corrected chi connectivity index (χ2v) is 10.1. The van der Waals surface area contributed by atoms with E-state index in [1.165, 1.54) is 0 Å². The normalized spacial score (nSPS) is 30.6. The first-order valence-electron chi connectivity index (χ1n) is 8.94. The van der Waals surface area contributed by atoms with Crippen LogP contribution in [0.4, 0.5) is 4.79 Å². The molecule has 0 aromatic carbocycles. The van der Waals surface area contributed by atoms with E-state index in [0.29, 0.717) is 12.5 Å². The van der Waals surface area contributed by atoms with Crippen molar-refractivity contribution in [3.8, 4) is 6.07 Å². The smallest absolute Gasteiger partial charge is 0.317 e. The van der Waals surface area contributed by atoms with Gasteiger partial charge in [-0.05, 0) is 38.0 Å². The lowest BCUT2D eigenvalue weighted by Gasteiger charge is -2.49. The topological polar surface area (TPSA) is 85.2 Å². The molecule has 0 aromatic heterocycles. The average Bonchev–Trinajstić information content (AvgIpc) is 2.81. The summed E-state index contributed by atoms with van der Waals surface area (Å²) in [5, 5.41) is 15.5. The van der Waals surface area contributed by atoms with E-state index in [4.69, 9.17) is 0 Å². The van der Waals surface area contributed by atoms with E-state index < -0.39 is 22.6 Å². The third kappa shape index (κ3) is 3.15. The lowest BCUT2D eigenvalue weighted by atomic mass is 9.78. The maximum Gasteiger partial charge on any atom is 0.317 e. The molecule has 2 N–H and O–H groups in total. The molecule has 2 aliphatic rings. The van der Waals surface area contributed by atoms with Gasteiger partial charge in [0.1, 0.15) is 6.04 Å². The minimum atomic E-state index is -1.23. The number of likely N-dealkylation sites (tertiary alicyclic amines) is 1. The van der Waals surface area contributed by atoms with Gasteiger partial charge in [0.2, 0.25) is 0 Å². The molecule has 1 saturated heterocycles. The molecule has 6 nitrogen and oxygen atoms in total. The second kappa shape index (κ2) is 5.70. The van der Waals surface area contributed by atoms with Crippen LogP contribution in [0.5, 0.6) is 0 Å². The number of carbonyl (C=O) groups excluding carboxylic acids is 2. The summed E-state index contributed by atoms with van der Waals surface area (Å²) in [4.78, 5) is 26.8. The fourth-order valence-corrected chi connectivity index (χ4v) is 4.30. The van der Waals surface area contributed by atoms with Crippen molar-refractivity contribution in [2.45, 2.75) is 72.6 Å². The molecule has 140 valence electrons. The Labute approximate surface area is 151 Å². The van der Waals surface area contributed by atoms with Gasteiger partial charge in [0, 0.05) is 17.5 Å². The number of piperidine rings is 1. The molecule has 1 aliphatic heterocycles. The van der Waals surface area contributed by atoms with Crippen molar-refractivity contribution in [1.82, 2.24) is 15.5 Å². The molecule has 1 saturated carbocycles. The second-order valence-electron chi connectivity index (χ2n) is 10.1. The fraction of sp³-hybridized carbons (Fsp3) is 0.842. The number of carbonyl (C=O) groups is 2. The Morgan fingerprint density at radius 3 is 2.16 bits per heavy atom. The molecule has 4 atom stereocenters. The van der Waals surface area contributed by atoms with Crippen molar-refractivity contribution in [3.63, 3.8) is 0 Å². The number of urea groups is 1. The molecule has 0 bridgehead atoms. The summed E-state index contributed by atoms with van der Waals surface area (Å²) < 4.78 is 0. The largest absolute Gasteiger partial charge is 0.334 e. The number of rotatable bonds is 3. The van der Waals surface area contributed by atoms with Crippen molar-refractivity contribution >= 4 is 12.3 Å². The standard InChI is InChI=1S/C19H32N4O2/c1-16(2,3)19(11-24,22-15(25)21-17(4,5)6)23-10-12-14(13(23)9-20)18(12,7)8/h11-14H,10H2,1-8H3,(H2,21,22,25)/t12?,13?,14?,19-/m1/s1. The van der Waals surface area contributed by atoms with Crippen LogP contribution in [0.15, 0.2) is 0 Å². The van der Waals surface area contributed by atoms with Gasteiger partial charge in [-0.3, -0.25) is 9.69 Å². The van der Waals surface area contributed by atoms with E-state index in [9.17, 15) is 14.9 Å². The van der Waals surface area contributed by atoms with Crippen LogP contribution in [0.2, 0.25) is 0 Å². The molecule has 6 heteroatoms. The number of amides is 2. The lowest BCUT2D eigenvalue weighted by Crippen LogP contribution is -2.72. The van der Waals surface area contributed by atoms with Gasteiger partial charge in [0.05, 0.1) is 6.07 Å². The molecule has 2 fully saturated rings. The van der Waals surface area contributed by atoms with Gasteiger partial charge in [0.15, 0.2) is 11.9 Å². The van der Waals surface area contributed by atoms with Crippen molar-refractivity contribution in [2.75, 3.05) is 6.54 Å². The molecule has 1 heterocycles. The average molecular weight is 348 g/mol. The van der Waals surface area contributed by atoms with E-state index in [1.807, 2.05) is 46.4 Å². The number of nitriles is 1. The summed E-state index contributed by atoms with van der Waals surface area (Å²) in [5.41, 5.74) is -2.09. The molecule has 3 unspecified atom stereocenters. The zero-order chi connectivity index (χ0) is 19.4. The van der Waals surface area contributed by atoms with E-state index in [0.717, 1.165) is 6.29 Å². The van der Waals surface area contributed by atoms with Crippen molar-refractivity contribution in [2.24, 2.45) is 22.7 Å². The number of hydrogen-bond donors (Lipinski definition) is 2. The SMILES string of the molecule is CC(C)(C)NC(=O)N[C@](C=O)(N1CC2C(C1C#N)C2(C)C)C(C)(C)C. The first kappa shape index (κ1) is 19.7.